The van der Waals surface area contributed by atoms with Crippen LogP contribution < -0.4 is 5.73 Å². The minimum absolute atomic E-state index is 0.238. The fourth-order valence-electron chi connectivity index (χ4n) is 2.78. The van der Waals surface area contributed by atoms with Gasteiger partial charge in [-0.3, -0.25) is 9.48 Å². The van der Waals surface area contributed by atoms with Gasteiger partial charge in [-0.15, -0.1) is 0 Å². The van der Waals surface area contributed by atoms with Gasteiger partial charge in [-0.05, 0) is 43.3 Å². The molecule has 0 aliphatic carbocycles. The Morgan fingerprint density at radius 3 is 2.70 bits per heavy atom. The van der Waals surface area contributed by atoms with Crippen LogP contribution in [-0.2, 0) is 12.6 Å². The Bertz CT molecular complexity index is 978. The standard InChI is InChI=1S/C18H15ClF3N3O2/c1-10(25-15(17(23)26)6-7-24-25)8-12-3-5-16(27-12)11-2-4-14(19)13(9-11)18(20,21)22/h2-7,9-10H,8H2,1H3,(H2,23,26). The molecule has 0 aliphatic heterocycles. The van der Waals surface area contributed by atoms with Gasteiger partial charge in [-0.25, -0.2) is 0 Å². The fourth-order valence-corrected chi connectivity index (χ4v) is 3.00. The number of hydrogen-bond donors (Lipinski definition) is 1. The SMILES string of the molecule is CC(Cc1ccc(-c2ccc(Cl)c(C(F)(F)F)c2)o1)n1nccc1C(N)=O. The van der Waals surface area contributed by atoms with Crippen molar-refractivity contribution >= 4 is 17.5 Å². The highest BCUT2D eigenvalue weighted by atomic mass is 35.5. The molecular formula is C18H15ClF3N3O2. The van der Waals surface area contributed by atoms with Crippen LogP contribution in [0.3, 0.4) is 0 Å². The lowest BCUT2D eigenvalue weighted by atomic mass is 10.1. The van der Waals surface area contributed by atoms with Crippen LogP contribution in [0.15, 0.2) is 47.0 Å². The quantitative estimate of drug-likeness (QED) is 0.677. The van der Waals surface area contributed by atoms with E-state index in [0.717, 1.165) is 6.07 Å². The normalized spacial score (nSPS) is 12.9. The van der Waals surface area contributed by atoms with Crippen LogP contribution in [0.2, 0.25) is 5.02 Å². The molecule has 1 atom stereocenters. The third-order valence-electron chi connectivity index (χ3n) is 4.05. The minimum Gasteiger partial charge on any atom is -0.461 e. The molecular weight excluding hydrogens is 383 g/mol. The van der Waals surface area contributed by atoms with Gasteiger partial charge < -0.3 is 10.2 Å². The summed E-state index contributed by atoms with van der Waals surface area (Å²) >= 11 is 5.64. The molecule has 0 radical (unpaired) electrons. The van der Waals surface area contributed by atoms with Gasteiger partial charge in [-0.2, -0.15) is 18.3 Å². The zero-order valence-electron chi connectivity index (χ0n) is 14.1. The van der Waals surface area contributed by atoms with E-state index in [1.165, 1.54) is 29.1 Å². The predicted octanol–water partition coefficient (Wildman–Crippen LogP) is 4.72. The molecule has 142 valence electrons. The molecule has 0 bridgehead atoms. The van der Waals surface area contributed by atoms with Crippen LogP contribution in [0.25, 0.3) is 11.3 Å². The van der Waals surface area contributed by atoms with E-state index in [0.29, 0.717) is 12.2 Å². The Kier molecular flexibility index (Phi) is 5.01. The maximum atomic E-state index is 13.0. The molecule has 2 aromatic heterocycles. The van der Waals surface area contributed by atoms with E-state index < -0.39 is 17.6 Å². The van der Waals surface area contributed by atoms with Gasteiger partial charge in [0.1, 0.15) is 17.2 Å². The second-order valence-electron chi connectivity index (χ2n) is 6.04. The third-order valence-corrected chi connectivity index (χ3v) is 4.38. The molecule has 3 aromatic rings. The number of hydrogen-bond acceptors (Lipinski definition) is 3. The largest absolute Gasteiger partial charge is 0.461 e. The number of amides is 1. The van der Waals surface area contributed by atoms with Gasteiger partial charge in [0.2, 0.25) is 0 Å². The number of primary amides is 1. The first kappa shape index (κ1) is 19.0. The molecule has 1 unspecified atom stereocenters. The highest BCUT2D eigenvalue weighted by Crippen LogP contribution is 2.37. The minimum atomic E-state index is -4.55. The molecule has 2 heterocycles. The van der Waals surface area contributed by atoms with Gasteiger partial charge in [0.15, 0.2) is 0 Å². The highest BCUT2D eigenvalue weighted by Gasteiger charge is 2.33. The Hall–Kier alpha value is -2.74. The summed E-state index contributed by atoms with van der Waals surface area (Å²) in [7, 11) is 0. The number of alkyl halides is 3. The Labute approximate surface area is 157 Å². The maximum Gasteiger partial charge on any atom is 0.417 e. The lowest BCUT2D eigenvalue weighted by Crippen LogP contribution is -2.21. The molecule has 1 aromatic carbocycles. The Balaban J connectivity index is 1.83. The van der Waals surface area contributed by atoms with E-state index in [-0.39, 0.29) is 28.1 Å². The number of carbonyl (C=O) groups is 1. The first-order valence-corrected chi connectivity index (χ1v) is 8.33. The number of halogens is 4. The van der Waals surface area contributed by atoms with Crippen molar-refractivity contribution < 1.29 is 22.4 Å². The lowest BCUT2D eigenvalue weighted by Gasteiger charge is -2.13. The van der Waals surface area contributed by atoms with Crippen molar-refractivity contribution in [3.05, 3.63) is 64.6 Å². The number of benzene rings is 1. The van der Waals surface area contributed by atoms with Crippen LogP contribution >= 0.6 is 11.6 Å². The summed E-state index contributed by atoms with van der Waals surface area (Å²) in [6, 6.07) is 8.13. The van der Waals surface area contributed by atoms with Gasteiger partial charge in [0.25, 0.3) is 5.91 Å². The molecule has 5 nitrogen and oxygen atoms in total. The first-order chi connectivity index (χ1) is 12.7. The summed E-state index contributed by atoms with van der Waals surface area (Å²) in [5.41, 5.74) is 4.92. The number of nitrogens with two attached hydrogens (primary N) is 1. The average molecular weight is 398 g/mol. The Morgan fingerprint density at radius 2 is 2.04 bits per heavy atom. The predicted molar refractivity (Wildman–Crippen MR) is 93.3 cm³/mol. The topological polar surface area (TPSA) is 74.1 Å². The number of rotatable bonds is 5. The number of nitrogens with zero attached hydrogens (tertiary/aromatic N) is 2. The average Bonchev–Trinajstić information content (AvgIpc) is 3.23. The summed E-state index contributed by atoms with van der Waals surface area (Å²) in [5.74, 6) is 0.224. The maximum absolute atomic E-state index is 13.0. The summed E-state index contributed by atoms with van der Waals surface area (Å²) in [4.78, 5) is 11.4. The smallest absolute Gasteiger partial charge is 0.417 e. The van der Waals surface area contributed by atoms with E-state index in [2.05, 4.69) is 5.10 Å². The van der Waals surface area contributed by atoms with E-state index >= 15 is 0 Å². The summed E-state index contributed by atoms with van der Waals surface area (Å²) in [5, 5.41) is 3.71. The fraction of sp³-hybridized carbons (Fsp3) is 0.222. The molecule has 3 rings (SSSR count). The molecule has 2 N–H and O–H groups in total. The van der Waals surface area contributed by atoms with Crippen molar-refractivity contribution in [2.45, 2.75) is 25.6 Å². The van der Waals surface area contributed by atoms with Crippen LogP contribution in [0, 0.1) is 0 Å². The van der Waals surface area contributed by atoms with Crippen LogP contribution in [0.1, 0.15) is 34.8 Å². The van der Waals surface area contributed by atoms with Gasteiger partial charge >= 0.3 is 6.18 Å². The lowest BCUT2D eigenvalue weighted by molar-refractivity contribution is -0.137. The highest BCUT2D eigenvalue weighted by molar-refractivity contribution is 6.31. The second-order valence-corrected chi connectivity index (χ2v) is 6.44. The van der Waals surface area contributed by atoms with Crippen molar-refractivity contribution in [2.24, 2.45) is 5.73 Å². The number of aromatic nitrogens is 2. The molecule has 0 fully saturated rings. The van der Waals surface area contributed by atoms with E-state index in [1.54, 1.807) is 12.1 Å². The van der Waals surface area contributed by atoms with Gasteiger partial charge in [-0.1, -0.05) is 11.6 Å². The van der Waals surface area contributed by atoms with Gasteiger partial charge in [0.05, 0.1) is 16.6 Å². The zero-order chi connectivity index (χ0) is 19.8. The van der Waals surface area contributed by atoms with Crippen LogP contribution in [0.4, 0.5) is 13.2 Å². The van der Waals surface area contributed by atoms with Crippen molar-refractivity contribution in [3.8, 4) is 11.3 Å². The zero-order valence-corrected chi connectivity index (χ0v) is 14.9. The Morgan fingerprint density at radius 1 is 1.30 bits per heavy atom. The van der Waals surface area contributed by atoms with E-state index in [4.69, 9.17) is 21.8 Å². The molecule has 9 heteroatoms. The van der Waals surface area contributed by atoms with Crippen molar-refractivity contribution in [1.29, 1.82) is 0 Å². The first-order valence-electron chi connectivity index (χ1n) is 7.96. The second kappa shape index (κ2) is 7.11. The molecule has 0 spiro atoms. The third kappa shape index (κ3) is 4.00. The molecule has 0 saturated heterocycles. The monoisotopic (exact) mass is 397 g/mol. The summed E-state index contributed by atoms with van der Waals surface area (Å²) < 4.78 is 46.2. The molecule has 0 saturated carbocycles. The summed E-state index contributed by atoms with van der Waals surface area (Å²) in [6.45, 7) is 1.83. The van der Waals surface area contributed by atoms with E-state index in [1.807, 2.05) is 6.92 Å². The molecule has 27 heavy (non-hydrogen) atoms. The number of furan rings is 1. The molecule has 0 aliphatic rings. The van der Waals surface area contributed by atoms with Gasteiger partial charge in [0, 0.05) is 18.2 Å². The number of carbonyl (C=O) groups excluding carboxylic acids is 1. The van der Waals surface area contributed by atoms with Crippen LogP contribution in [-0.4, -0.2) is 15.7 Å². The molecule has 1 amide bonds. The van der Waals surface area contributed by atoms with Crippen molar-refractivity contribution in [2.75, 3.05) is 0 Å². The van der Waals surface area contributed by atoms with Crippen LogP contribution in [0.5, 0.6) is 0 Å². The van der Waals surface area contributed by atoms with E-state index in [9.17, 15) is 18.0 Å². The van der Waals surface area contributed by atoms with Crippen molar-refractivity contribution in [1.82, 2.24) is 9.78 Å². The van der Waals surface area contributed by atoms with Crippen molar-refractivity contribution in [3.63, 3.8) is 0 Å². The summed E-state index contributed by atoms with van der Waals surface area (Å²) in [6.07, 6.45) is -2.71.